The molecule has 1 atom stereocenters. The fourth-order valence-electron chi connectivity index (χ4n) is 2.87. The van der Waals surface area contributed by atoms with E-state index in [9.17, 15) is 14.0 Å². The summed E-state index contributed by atoms with van der Waals surface area (Å²) in [5.41, 5.74) is 2.78. The summed E-state index contributed by atoms with van der Waals surface area (Å²) >= 11 is 0. The number of nitrogens with zero attached hydrogens (tertiary/aromatic N) is 1. The van der Waals surface area contributed by atoms with Gasteiger partial charge in [0.25, 0.3) is 5.91 Å². The molecule has 0 radical (unpaired) electrons. The molecule has 0 bridgehead atoms. The van der Waals surface area contributed by atoms with E-state index in [1.165, 1.54) is 17.0 Å². The van der Waals surface area contributed by atoms with E-state index in [1.54, 1.807) is 19.1 Å². The minimum atomic E-state index is -0.680. The number of aryl methyl sites for hydroxylation is 2. The first-order chi connectivity index (χ1) is 13.3. The summed E-state index contributed by atoms with van der Waals surface area (Å²) in [7, 11) is 0. The highest BCUT2D eigenvalue weighted by Crippen LogP contribution is 2.19. The number of ether oxygens (including phenoxy) is 1. The van der Waals surface area contributed by atoms with E-state index in [0.717, 1.165) is 16.7 Å². The molecule has 2 aromatic rings. The number of carbonyl (C=O) groups excluding carboxylic acids is 2. The van der Waals surface area contributed by atoms with Crippen LogP contribution < -0.4 is 10.1 Å². The Morgan fingerprint density at radius 2 is 1.82 bits per heavy atom. The van der Waals surface area contributed by atoms with Crippen LogP contribution in [0.5, 0.6) is 5.75 Å². The van der Waals surface area contributed by atoms with Gasteiger partial charge in [-0.3, -0.25) is 9.59 Å². The Hall–Kier alpha value is -2.89. The molecule has 2 amide bonds. The number of nitrogens with one attached hydrogen (secondary N) is 1. The molecule has 0 aromatic heterocycles. The Labute approximate surface area is 165 Å². The number of likely N-dealkylation sites (N-methyl/N-ethyl adjacent to an activating group) is 1. The van der Waals surface area contributed by atoms with Crippen molar-refractivity contribution in [2.45, 2.75) is 40.3 Å². The van der Waals surface area contributed by atoms with Crippen LogP contribution in [0.15, 0.2) is 42.5 Å². The lowest BCUT2D eigenvalue weighted by Gasteiger charge is -2.28. The second-order valence-corrected chi connectivity index (χ2v) is 6.78. The normalized spacial score (nSPS) is 11.6. The van der Waals surface area contributed by atoms with Crippen molar-refractivity contribution in [1.29, 1.82) is 0 Å². The zero-order valence-electron chi connectivity index (χ0n) is 16.8. The van der Waals surface area contributed by atoms with Crippen LogP contribution in [0.2, 0.25) is 0 Å². The molecule has 0 spiro atoms. The number of hydrogen-bond acceptors (Lipinski definition) is 3. The van der Waals surface area contributed by atoms with Crippen molar-refractivity contribution in [2.24, 2.45) is 0 Å². The second-order valence-electron chi connectivity index (χ2n) is 6.78. The highest BCUT2D eigenvalue weighted by molar-refractivity contribution is 5.87. The number of carbonyl (C=O) groups is 2. The van der Waals surface area contributed by atoms with Gasteiger partial charge in [-0.25, -0.2) is 4.39 Å². The van der Waals surface area contributed by atoms with E-state index < -0.39 is 6.04 Å². The smallest absolute Gasteiger partial charge is 0.261 e. The third kappa shape index (κ3) is 5.81. The van der Waals surface area contributed by atoms with Crippen LogP contribution in [-0.2, 0) is 16.1 Å². The molecule has 0 saturated carbocycles. The van der Waals surface area contributed by atoms with Crippen molar-refractivity contribution in [3.8, 4) is 5.75 Å². The first kappa shape index (κ1) is 21.4. The van der Waals surface area contributed by atoms with Crippen LogP contribution in [0.1, 0.15) is 30.5 Å². The highest BCUT2D eigenvalue weighted by atomic mass is 19.1. The van der Waals surface area contributed by atoms with Crippen LogP contribution in [0, 0.1) is 19.7 Å². The number of halogens is 1. The van der Waals surface area contributed by atoms with Gasteiger partial charge in [-0.15, -0.1) is 0 Å². The van der Waals surface area contributed by atoms with Crippen molar-refractivity contribution in [2.75, 3.05) is 13.2 Å². The zero-order valence-corrected chi connectivity index (χ0v) is 16.8. The Morgan fingerprint density at radius 1 is 1.14 bits per heavy atom. The van der Waals surface area contributed by atoms with Crippen LogP contribution in [0.25, 0.3) is 0 Å². The van der Waals surface area contributed by atoms with Gasteiger partial charge in [0.15, 0.2) is 6.61 Å². The minimum Gasteiger partial charge on any atom is -0.483 e. The molecule has 0 fully saturated rings. The lowest BCUT2D eigenvalue weighted by molar-refractivity contribution is -0.142. The van der Waals surface area contributed by atoms with Crippen molar-refractivity contribution in [3.63, 3.8) is 0 Å². The van der Waals surface area contributed by atoms with Crippen LogP contribution in [0.3, 0.4) is 0 Å². The van der Waals surface area contributed by atoms with Crippen LogP contribution in [0.4, 0.5) is 4.39 Å². The Balaban J connectivity index is 2.15. The SMILES string of the molecule is CCNC(=O)C(C)N(Cc1ccc(F)cc1)C(=O)COc1ccc(C)cc1C. The van der Waals surface area contributed by atoms with E-state index in [4.69, 9.17) is 4.74 Å². The van der Waals surface area contributed by atoms with E-state index in [0.29, 0.717) is 12.3 Å². The molecule has 1 unspecified atom stereocenters. The highest BCUT2D eigenvalue weighted by Gasteiger charge is 2.26. The summed E-state index contributed by atoms with van der Waals surface area (Å²) in [6.07, 6.45) is 0. The molecule has 0 saturated heterocycles. The van der Waals surface area contributed by atoms with Gasteiger partial charge in [-0.2, -0.15) is 0 Å². The third-order valence-electron chi connectivity index (χ3n) is 4.47. The summed E-state index contributed by atoms with van der Waals surface area (Å²) in [5.74, 6) is -0.282. The molecule has 2 aromatic carbocycles. The first-order valence-electron chi connectivity index (χ1n) is 9.33. The molecule has 5 nitrogen and oxygen atoms in total. The van der Waals surface area contributed by atoms with E-state index in [2.05, 4.69) is 5.32 Å². The Kier molecular flexibility index (Phi) is 7.55. The summed E-state index contributed by atoms with van der Waals surface area (Å²) in [4.78, 5) is 26.6. The lowest BCUT2D eigenvalue weighted by Crippen LogP contribution is -2.49. The molecular weight excluding hydrogens is 359 g/mol. The quantitative estimate of drug-likeness (QED) is 0.757. The molecule has 0 heterocycles. The van der Waals surface area contributed by atoms with Gasteiger partial charge >= 0.3 is 0 Å². The number of rotatable bonds is 8. The fraction of sp³-hybridized carbons (Fsp3) is 0.364. The molecule has 28 heavy (non-hydrogen) atoms. The second kappa shape index (κ2) is 9.88. The van der Waals surface area contributed by atoms with E-state index in [1.807, 2.05) is 39.0 Å². The van der Waals surface area contributed by atoms with Gasteiger partial charge in [-0.1, -0.05) is 29.8 Å². The molecule has 2 rings (SSSR count). The minimum absolute atomic E-state index is 0.186. The topological polar surface area (TPSA) is 58.6 Å². The van der Waals surface area contributed by atoms with Gasteiger partial charge in [0.05, 0.1) is 0 Å². The van der Waals surface area contributed by atoms with Crippen LogP contribution >= 0.6 is 0 Å². The first-order valence-corrected chi connectivity index (χ1v) is 9.33. The van der Waals surface area contributed by atoms with Gasteiger partial charge in [0, 0.05) is 13.1 Å². The number of amides is 2. The maximum Gasteiger partial charge on any atom is 0.261 e. The third-order valence-corrected chi connectivity index (χ3v) is 4.47. The van der Waals surface area contributed by atoms with Crippen molar-refractivity contribution in [1.82, 2.24) is 10.2 Å². The Bertz CT molecular complexity index is 821. The lowest BCUT2D eigenvalue weighted by atomic mass is 10.1. The van der Waals surface area contributed by atoms with Gasteiger partial charge in [-0.05, 0) is 57.0 Å². The average molecular weight is 386 g/mol. The molecule has 0 aliphatic rings. The molecule has 0 aliphatic heterocycles. The predicted octanol–water partition coefficient (Wildman–Crippen LogP) is 3.37. The summed E-state index contributed by atoms with van der Waals surface area (Å²) in [6.45, 7) is 7.87. The van der Waals surface area contributed by atoms with Gasteiger partial charge in [0.2, 0.25) is 5.91 Å². The summed E-state index contributed by atoms with van der Waals surface area (Å²) in [6, 6.07) is 10.9. The standard InChI is InChI=1S/C22H27FN2O3/c1-5-24-22(27)17(4)25(13-18-7-9-19(23)10-8-18)21(26)14-28-20-11-6-15(2)12-16(20)3/h6-12,17H,5,13-14H2,1-4H3,(H,24,27). The summed E-state index contributed by atoms with van der Waals surface area (Å²) < 4.78 is 18.9. The maximum atomic E-state index is 13.2. The van der Waals surface area contributed by atoms with E-state index in [-0.39, 0.29) is 30.8 Å². The molecular formula is C22H27FN2O3. The maximum absolute atomic E-state index is 13.2. The monoisotopic (exact) mass is 386 g/mol. The zero-order chi connectivity index (χ0) is 20.7. The molecule has 6 heteroatoms. The van der Waals surface area contributed by atoms with Crippen molar-refractivity contribution < 1.29 is 18.7 Å². The van der Waals surface area contributed by atoms with Gasteiger partial charge in [0.1, 0.15) is 17.6 Å². The largest absolute Gasteiger partial charge is 0.483 e. The molecule has 150 valence electrons. The number of hydrogen-bond donors (Lipinski definition) is 1. The molecule has 1 N–H and O–H groups in total. The average Bonchev–Trinajstić information content (AvgIpc) is 2.66. The summed E-state index contributed by atoms with van der Waals surface area (Å²) in [5, 5.41) is 2.73. The van der Waals surface area contributed by atoms with Gasteiger partial charge < -0.3 is 15.0 Å². The van der Waals surface area contributed by atoms with Crippen molar-refractivity contribution in [3.05, 3.63) is 65.0 Å². The fourth-order valence-corrected chi connectivity index (χ4v) is 2.87. The molecule has 0 aliphatic carbocycles. The predicted molar refractivity (Wildman–Crippen MR) is 107 cm³/mol. The van der Waals surface area contributed by atoms with Crippen LogP contribution in [-0.4, -0.2) is 35.9 Å². The van der Waals surface area contributed by atoms with Crippen molar-refractivity contribution >= 4 is 11.8 Å². The number of benzene rings is 2. The Morgan fingerprint density at radius 3 is 2.43 bits per heavy atom. The van der Waals surface area contributed by atoms with E-state index >= 15 is 0 Å².